The summed E-state index contributed by atoms with van der Waals surface area (Å²) in [5, 5.41) is 8.83. The molecule has 0 aliphatic carbocycles. The van der Waals surface area contributed by atoms with E-state index in [1.807, 2.05) is 18.3 Å². The van der Waals surface area contributed by atoms with Gasteiger partial charge in [0.15, 0.2) is 6.19 Å². The molecule has 0 spiro atoms. The number of carbonyl (C=O) groups excluding carboxylic acids is 1. The number of hydrogen-bond acceptors (Lipinski definition) is 2. The van der Waals surface area contributed by atoms with Crippen molar-refractivity contribution >= 4 is 6.03 Å². The lowest BCUT2D eigenvalue weighted by atomic mass is 10.0. The average Bonchev–Trinajstić information content (AvgIpc) is 2.66. The maximum absolute atomic E-state index is 11.7. The van der Waals surface area contributed by atoms with Gasteiger partial charge in [-0.3, -0.25) is 0 Å². The number of amides is 2. The molecular weight excluding hydrogens is 214 g/mol. The van der Waals surface area contributed by atoms with E-state index in [9.17, 15) is 4.79 Å². The van der Waals surface area contributed by atoms with Crippen LogP contribution >= 0.6 is 0 Å². The Hall–Kier alpha value is -2.02. The first-order valence-electron chi connectivity index (χ1n) is 5.70. The van der Waals surface area contributed by atoms with Crippen LogP contribution in [0.25, 0.3) is 0 Å². The zero-order valence-corrected chi connectivity index (χ0v) is 10.1. The van der Waals surface area contributed by atoms with Crippen molar-refractivity contribution in [2.45, 2.75) is 19.4 Å². The van der Waals surface area contributed by atoms with Crippen molar-refractivity contribution in [1.82, 2.24) is 9.80 Å². The van der Waals surface area contributed by atoms with Gasteiger partial charge in [0.2, 0.25) is 0 Å². The van der Waals surface area contributed by atoms with Gasteiger partial charge in [-0.05, 0) is 17.5 Å². The van der Waals surface area contributed by atoms with Gasteiger partial charge in [0, 0.05) is 7.05 Å². The SMILES string of the molecule is CCc1ccc(C2CN(C#N)C(=O)N2C)cc1. The first-order chi connectivity index (χ1) is 8.17. The minimum Gasteiger partial charge on any atom is -0.318 e. The van der Waals surface area contributed by atoms with Crippen molar-refractivity contribution in [2.24, 2.45) is 0 Å². The summed E-state index contributed by atoms with van der Waals surface area (Å²) < 4.78 is 0. The van der Waals surface area contributed by atoms with Gasteiger partial charge in [-0.2, -0.15) is 5.26 Å². The molecule has 0 radical (unpaired) electrons. The van der Waals surface area contributed by atoms with Crippen LogP contribution in [0, 0.1) is 11.5 Å². The van der Waals surface area contributed by atoms with E-state index in [1.165, 1.54) is 10.5 Å². The number of carbonyl (C=O) groups is 1. The third-order valence-electron chi connectivity index (χ3n) is 3.25. The molecule has 2 rings (SSSR count). The molecule has 1 aromatic carbocycles. The van der Waals surface area contributed by atoms with Crippen molar-refractivity contribution in [3.63, 3.8) is 0 Å². The molecule has 2 amide bonds. The molecule has 1 fully saturated rings. The molecule has 1 aliphatic heterocycles. The van der Waals surface area contributed by atoms with Crippen LogP contribution in [-0.4, -0.2) is 29.4 Å². The van der Waals surface area contributed by atoms with Gasteiger partial charge in [0.05, 0.1) is 12.6 Å². The zero-order valence-electron chi connectivity index (χ0n) is 10.1. The van der Waals surface area contributed by atoms with Crippen LogP contribution in [0.1, 0.15) is 24.1 Å². The van der Waals surface area contributed by atoms with Gasteiger partial charge in [-0.25, -0.2) is 9.69 Å². The van der Waals surface area contributed by atoms with Crippen LogP contribution in [0.5, 0.6) is 0 Å². The molecular formula is C13H15N3O. The van der Waals surface area contributed by atoms with Crippen LogP contribution in [0.4, 0.5) is 4.79 Å². The van der Waals surface area contributed by atoms with E-state index in [0.717, 1.165) is 12.0 Å². The summed E-state index contributed by atoms with van der Waals surface area (Å²) in [4.78, 5) is 14.5. The Labute approximate surface area is 101 Å². The molecule has 1 unspecified atom stereocenters. The largest absolute Gasteiger partial charge is 0.333 e. The smallest absolute Gasteiger partial charge is 0.318 e. The minimum atomic E-state index is -0.225. The fourth-order valence-electron chi connectivity index (χ4n) is 2.09. The second-order valence-electron chi connectivity index (χ2n) is 4.22. The molecule has 0 N–H and O–H groups in total. The van der Waals surface area contributed by atoms with Crippen molar-refractivity contribution < 1.29 is 4.79 Å². The van der Waals surface area contributed by atoms with Gasteiger partial charge in [-0.15, -0.1) is 0 Å². The van der Waals surface area contributed by atoms with E-state index < -0.39 is 0 Å². The Morgan fingerprint density at radius 3 is 2.53 bits per heavy atom. The number of aryl methyl sites for hydroxylation is 1. The molecule has 4 nitrogen and oxygen atoms in total. The molecule has 0 bridgehead atoms. The highest BCUT2D eigenvalue weighted by Crippen LogP contribution is 2.27. The highest BCUT2D eigenvalue weighted by atomic mass is 16.2. The number of rotatable bonds is 2. The Bertz CT molecular complexity index is 461. The summed E-state index contributed by atoms with van der Waals surface area (Å²) in [6, 6.07) is 7.97. The second-order valence-corrected chi connectivity index (χ2v) is 4.22. The maximum Gasteiger partial charge on any atom is 0.333 e. The fourth-order valence-corrected chi connectivity index (χ4v) is 2.09. The summed E-state index contributed by atoms with van der Waals surface area (Å²) in [5.41, 5.74) is 2.36. The summed E-state index contributed by atoms with van der Waals surface area (Å²) in [5.74, 6) is 0. The molecule has 1 aliphatic rings. The van der Waals surface area contributed by atoms with E-state index in [4.69, 9.17) is 5.26 Å². The Balaban J connectivity index is 2.23. The van der Waals surface area contributed by atoms with Gasteiger partial charge in [-0.1, -0.05) is 31.2 Å². The summed E-state index contributed by atoms with van der Waals surface area (Å²) >= 11 is 0. The normalized spacial score (nSPS) is 19.6. The van der Waals surface area contributed by atoms with Gasteiger partial charge >= 0.3 is 6.03 Å². The topological polar surface area (TPSA) is 47.3 Å². The number of hydrogen-bond donors (Lipinski definition) is 0. The van der Waals surface area contributed by atoms with Crippen molar-refractivity contribution in [3.8, 4) is 6.19 Å². The third kappa shape index (κ3) is 1.96. The molecule has 0 aromatic heterocycles. The van der Waals surface area contributed by atoms with Gasteiger partial charge in [0.25, 0.3) is 0 Å². The number of likely N-dealkylation sites (N-methyl/N-ethyl adjacent to an activating group) is 1. The van der Waals surface area contributed by atoms with Crippen LogP contribution < -0.4 is 0 Å². The average molecular weight is 229 g/mol. The minimum absolute atomic E-state index is 0.0203. The van der Waals surface area contributed by atoms with E-state index in [-0.39, 0.29) is 12.1 Å². The van der Waals surface area contributed by atoms with Crippen LogP contribution in [0.15, 0.2) is 24.3 Å². The fraction of sp³-hybridized carbons (Fsp3) is 0.385. The van der Waals surface area contributed by atoms with E-state index >= 15 is 0 Å². The Morgan fingerprint density at radius 1 is 1.41 bits per heavy atom. The van der Waals surface area contributed by atoms with E-state index in [2.05, 4.69) is 19.1 Å². The Kier molecular flexibility index (Phi) is 3.01. The van der Waals surface area contributed by atoms with Crippen molar-refractivity contribution in [3.05, 3.63) is 35.4 Å². The summed E-state index contributed by atoms with van der Waals surface area (Å²) in [7, 11) is 1.73. The van der Waals surface area contributed by atoms with Crippen LogP contribution in [-0.2, 0) is 6.42 Å². The molecule has 1 aromatic rings. The summed E-state index contributed by atoms with van der Waals surface area (Å²) in [6.07, 6.45) is 2.91. The summed E-state index contributed by atoms with van der Waals surface area (Å²) in [6.45, 7) is 2.55. The van der Waals surface area contributed by atoms with Crippen LogP contribution in [0.3, 0.4) is 0 Å². The van der Waals surface area contributed by atoms with E-state index in [0.29, 0.717) is 6.54 Å². The highest BCUT2D eigenvalue weighted by Gasteiger charge is 2.35. The maximum atomic E-state index is 11.7. The quantitative estimate of drug-likeness (QED) is 0.729. The lowest BCUT2D eigenvalue weighted by Gasteiger charge is -2.18. The number of nitrogens with zero attached hydrogens (tertiary/aromatic N) is 3. The standard InChI is InChI=1S/C13H15N3O/c1-3-10-4-6-11(7-5-10)12-8-16(9-14)13(17)15(12)2/h4-7,12H,3,8H2,1-2H3. The lowest BCUT2D eigenvalue weighted by Crippen LogP contribution is -2.26. The number of benzene rings is 1. The highest BCUT2D eigenvalue weighted by molar-refractivity contribution is 5.78. The van der Waals surface area contributed by atoms with Crippen molar-refractivity contribution in [1.29, 1.82) is 5.26 Å². The van der Waals surface area contributed by atoms with Gasteiger partial charge < -0.3 is 4.90 Å². The molecule has 1 heterocycles. The van der Waals surface area contributed by atoms with Crippen molar-refractivity contribution in [2.75, 3.05) is 13.6 Å². The second kappa shape index (κ2) is 4.46. The predicted molar refractivity (Wildman–Crippen MR) is 64.0 cm³/mol. The molecule has 17 heavy (non-hydrogen) atoms. The number of nitriles is 1. The predicted octanol–water partition coefficient (Wildman–Crippen LogP) is 2.14. The first-order valence-corrected chi connectivity index (χ1v) is 5.70. The molecule has 1 atom stereocenters. The lowest BCUT2D eigenvalue weighted by molar-refractivity contribution is 0.205. The molecule has 1 saturated heterocycles. The van der Waals surface area contributed by atoms with Gasteiger partial charge in [0.1, 0.15) is 0 Å². The molecule has 0 saturated carbocycles. The Morgan fingerprint density at radius 2 is 2.06 bits per heavy atom. The third-order valence-corrected chi connectivity index (χ3v) is 3.25. The number of urea groups is 1. The zero-order chi connectivity index (χ0) is 12.4. The monoisotopic (exact) mass is 229 g/mol. The molecule has 4 heteroatoms. The first kappa shape index (κ1) is 11.5. The van der Waals surface area contributed by atoms with Crippen LogP contribution in [0.2, 0.25) is 0 Å². The van der Waals surface area contributed by atoms with E-state index in [1.54, 1.807) is 11.9 Å². The molecule has 88 valence electrons.